The van der Waals surface area contributed by atoms with Crippen LogP contribution in [0.1, 0.15) is 20.7 Å². The maximum absolute atomic E-state index is 11.5. The summed E-state index contributed by atoms with van der Waals surface area (Å²) in [6.45, 7) is -0.131. The molecular formula is C20H14O6. The van der Waals surface area contributed by atoms with Gasteiger partial charge in [-0.3, -0.25) is 0 Å². The Kier molecular flexibility index (Phi) is 5.87. The Labute approximate surface area is 150 Å². The Balaban J connectivity index is 2.48. The fraction of sp³-hybridized carbons (Fsp3) is 0.100. The van der Waals surface area contributed by atoms with Crippen molar-refractivity contribution in [2.24, 2.45) is 0 Å². The minimum absolute atomic E-state index is 0.0655. The number of carboxylic acid groups (broad SMARTS) is 2. The van der Waals surface area contributed by atoms with Crippen LogP contribution in [0.15, 0.2) is 36.4 Å². The molecule has 0 radical (unpaired) electrons. The van der Waals surface area contributed by atoms with Gasteiger partial charge in [0.05, 0.1) is 0 Å². The minimum atomic E-state index is -1.19. The number of carboxylic acids is 2. The van der Waals surface area contributed by atoms with Crippen molar-refractivity contribution in [1.82, 2.24) is 0 Å². The van der Waals surface area contributed by atoms with Gasteiger partial charge in [0, 0.05) is 0 Å². The van der Waals surface area contributed by atoms with Crippen LogP contribution >= 0.6 is 0 Å². The van der Waals surface area contributed by atoms with E-state index in [9.17, 15) is 19.8 Å². The molecule has 0 heterocycles. The first-order valence-corrected chi connectivity index (χ1v) is 7.35. The maximum atomic E-state index is 11.5. The second kappa shape index (κ2) is 8.27. The Bertz CT molecular complexity index is 853. The van der Waals surface area contributed by atoms with Crippen LogP contribution in [0.2, 0.25) is 0 Å². The SMILES string of the molecule is C#CCOc1ccc(-c2ccc(OCC#C)c(C(=O)O)c2)cc1C(=O)O. The summed E-state index contributed by atoms with van der Waals surface area (Å²) < 4.78 is 10.4. The molecule has 0 saturated carbocycles. The van der Waals surface area contributed by atoms with Crippen LogP contribution in [0, 0.1) is 24.7 Å². The quantitative estimate of drug-likeness (QED) is 0.746. The van der Waals surface area contributed by atoms with Gasteiger partial charge in [-0.25, -0.2) is 9.59 Å². The molecule has 2 rings (SSSR count). The topological polar surface area (TPSA) is 93.1 Å². The van der Waals surface area contributed by atoms with Crippen LogP contribution in [-0.2, 0) is 0 Å². The zero-order valence-electron chi connectivity index (χ0n) is 13.6. The van der Waals surface area contributed by atoms with Gasteiger partial charge in [0.15, 0.2) is 0 Å². The molecule has 26 heavy (non-hydrogen) atoms. The highest BCUT2D eigenvalue weighted by Crippen LogP contribution is 2.30. The molecule has 0 aliphatic rings. The van der Waals surface area contributed by atoms with Crippen LogP contribution in [-0.4, -0.2) is 35.4 Å². The lowest BCUT2D eigenvalue weighted by molar-refractivity contribution is 0.0681. The molecule has 0 aliphatic carbocycles. The highest BCUT2D eigenvalue weighted by Gasteiger charge is 2.16. The van der Waals surface area contributed by atoms with Gasteiger partial charge in [0.2, 0.25) is 0 Å². The summed E-state index contributed by atoms with van der Waals surface area (Å²) in [5.74, 6) is 2.41. The van der Waals surface area contributed by atoms with Crippen molar-refractivity contribution in [3.8, 4) is 47.3 Å². The molecule has 6 nitrogen and oxygen atoms in total. The number of rotatable bonds is 7. The lowest BCUT2D eigenvalue weighted by atomic mass is 10.00. The van der Waals surface area contributed by atoms with Crippen molar-refractivity contribution < 1.29 is 29.3 Å². The van der Waals surface area contributed by atoms with Crippen molar-refractivity contribution in [3.63, 3.8) is 0 Å². The second-order valence-corrected chi connectivity index (χ2v) is 5.02. The van der Waals surface area contributed by atoms with E-state index in [1.165, 1.54) is 24.3 Å². The predicted molar refractivity (Wildman–Crippen MR) is 94.5 cm³/mol. The molecule has 130 valence electrons. The van der Waals surface area contributed by atoms with Gasteiger partial charge >= 0.3 is 11.9 Å². The molecule has 0 aliphatic heterocycles. The largest absolute Gasteiger partial charge is 0.480 e. The van der Waals surface area contributed by atoms with E-state index < -0.39 is 11.9 Å². The predicted octanol–water partition coefficient (Wildman–Crippen LogP) is 2.77. The second-order valence-electron chi connectivity index (χ2n) is 5.02. The lowest BCUT2D eigenvalue weighted by Gasteiger charge is -2.11. The maximum Gasteiger partial charge on any atom is 0.339 e. The van der Waals surface area contributed by atoms with Crippen LogP contribution < -0.4 is 9.47 Å². The third-order valence-electron chi connectivity index (χ3n) is 3.38. The number of carbonyl (C=O) groups is 2. The van der Waals surface area contributed by atoms with E-state index in [1.54, 1.807) is 12.1 Å². The van der Waals surface area contributed by atoms with E-state index >= 15 is 0 Å². The highest BCUT2D eigenvalue weighted by molar-refractivity contribution is 5.95. The Morgan fingerprint density at radius 3 is 1.50 bits per heavy atom. The number of hydrogen-bond donors (Lipinski definition) is 2. The fourth-order valence-corrected chi connectivity index (χ4v) is 2.24. The number of benzene rings is 2. The first-order valence-electron chi connectivity index (χ1n) is 7.35. The summed E-state index contributed by atoms with van der Waals surface area (Å²) in [5.41, 5.74) is 0.840. The van der Waals surface area contributed by atoms with Gasteiger partial charge in [0.1, 0.15) is 35.8 Å². The molecule has 0 atom stereocenters. The summed E-state index contributed by atoms with van der Waals surface area (Å²) in [7, 11) is 0. The van der Waals surface area contributed by atoms with Crippen molar-refractivity contribution in [2.75, 3.05) is 13.2 Å². The highest BCUT2D eigenvalue weighted by atomic mass is 16.5. The van der Waals surface area contributed by atoms with E-state index in [2.05, 4.69) is 11.8 Å². The number of terminal acetylenes is 2. The molecule has 2 aromatic rings. The summed E-state index contributed by atoms with van der Waals surface area (Å²) >= 11 is 0. The summed E-state index contributed by atoms with van der Waals surface area (Å²) in [6.07, 6.45) is 10.2. The van der Waals surface area contributed by atoms with Gasteiger partial charge in [-0.1, -0.05) is 24.0 Å². The normalized spacial score (nSPS) is 9.62. The van der Waals surface area contributed by atoms with Crippen molar-refractivity contribution in [1.29, 1.82) is 0 Å². The van der Waals surface area contributed by atoms with E-state index in [0.29, 0.717) is 11.1 Å². The van der Waals surface area contributed by atoms with Crippen LogP contribution in [0.3, 0.4) is 0 Å². The molecule has 0 unspecified atom stereocenters. The molecular weight excluding hydrogens is 336 g/mol. The third kappa shape index (κ3) is 4.14. The Morgan fingerprint density at radius 2 is 1.19 bits per heavy atom. The van der Waals surface area contributed by atoms with Gasteiger partial charge < -0.3 is 19.7 Å². The third-order valence-corrected chi connectivity index (χ3v) is 3.38. The van der Waals surface area contributed by atoms with Crippen LogP contribution in [0.5, 0.6) is 11.5 Å². The molecule has 0 amide bonds. The van der Waals surface area contributed by atoms with E-state index in [4.69, 9.17) is 22.3 Å². The number of aromatic carboxylic acids is 2. The molecule has 0 saturated heterocycles. The fourth-order valence-electron chi connectivity index (χ4n) is 2.24. The van der Waals surface area contributed by atoms with Gasteiger partial charge in [-0.2, -0.15) is 0 Å². The van der Waals surface area contributed by atoms with Crippen LogP contribution in [0.25, 0.3) is 11.1 Å². The molecule has 2 aromatic carbocycles. The monoisotopic (exact) mass is 350 g/mol. The molecule has 2 N–H and O–H groups in total. The van der Waals surface area contributed by atoms with E-state index in [1.807, 2.05) is 0 Å². The minimum Gasteiger partial charge on any atom is -0.480 e. The van der Waals surface area contributed by atoms with Crippen molar-refractivity contribution in [2.45, 2.75) is 0 Å². The average molecular weight is 350 g/mol. The summed E-state index contributed by atoms with van der Waals surface area (Å²) in [5, 5.41) is 18.7. The number of hydrogen-bond acceptors (Lipinski definition) is 4. The molecule has 0 spiro atoms. The van der Waals surface area contributed by atoms with E-state index in [-0.39, 0.29) is 35.8 Å². The van der Waals surface area contributed by atoms with E-state index in [0.717, 1.165) is 0 Å². The lowest BCUT2D eigenvalue weighted by Crippen LogP contribution is -2.05. The van der Waals surface area contributed by atoms with Gasteiger partial charge in [-0.15, -0.1) is 12.8 Å². The number of ether oxygens (including phenoxy) is 2. The van der Waals surface area contributed by atoms with Crippen LogP contribution in [0.4, 0.5) is 0 Å². The molecule has 0 fully saturated rings. The van der Waals surface area contributed by atoms with Crippen molar-refractivity contribution >= 4 is 11.9 Å². The Hall–Kier alpha value is -3.90. The summed E-state index contributed by atoms with van der Waals surface area (Å²) in [4.78, 5) is 22.9. The zero-order chi connectivity index (χ0) is 19.1. The molecule has 0 aromatic heterocycles. The summed E-state index contributed by atoms with van der Waals surface area (Å²) in [6, 6.07) is 8.94. The van der Waals surface area contributed by atoms with Gasteiger partial charge in [-0.05, 0) is 35.4 Å². The van der Waals surface area contributed by atoms with Gasteiger partial charge in [0.25, 0.3) is 0 Å². The molecule has 6 heteroatoms. The average Bonchev–Trinajstić information content (AvgIpc) is 2.64. The first kappa shape index (κ1) is 18.4. The zero-order valence-corrected chi connectivity index (χ0v) is 13.6. The van der Waals surface area contributed by atoms with Crippen molar-refractivity contribution in [3.05, 3.63) is 47.5 Å². The molecule has 0 bridgehead atoms. The Morgan fingerprint density at radius 1 is 0.808 bits per heavy atom. The standard InChI is InChI=1S/C20H14O6/c1-3-9-25-17-7-5-13(11-15(17)19(21)22)14-6-8-18(26-10-4-2)16(12-14)20(23)24/h1-2,5-8,11-12H,9-10H2,(H,21,22)(H,23,24). The smallest absolute Gasteiger partial charge is 0.339 e. The first-order chi connectivity index (χ1) is 12.5.